The Bertz CT molecular complexity index is 656. The number of carbonyl (C=O) groups is 1. The number of rotatable bonds is 8. The quantitative estimate of drug-likeness (QED) is 0.782. The first-order valence-electron chi connectivity index (χ1n) is 7.89. The van der Waals surface area contributed by atoms with E-state index in [0.29, 0.717) is 12.2 Å². The normalized spacial score (nSPS) is 11.8. The van der Waals surface area contributed by atoms with Gasteiger partial charge in [0.15, 0.2) is 0 Å². The minimum Gasteiger partial charge on any atom is -0.497 e. The number of ether oxygens (including phenoxy) is 2. The summed E-state index contributed by atoms with van der Waals surface area (Å²) in [4.78, 5) is 12.3. The molecule has 0 fully saturated rings. The highest BCUT2D eigenvalue weighted by atomic mass is 16.5. The van der Waals surface area contributed by atoms with Crippen molar-refractivity contribution in [2.24, 2.45) is 0 Å². The molecular weight excluding hydrogens is 304 g/mol. The molecule has 1 amide bonds. The molecule has 1 atom stereocenters. The van der Waals surface area contributed by atoms with Crippen LogP contribution in [0.15, 0.2) is 48.5 Å². The van der Waals surface area contributed by atoms with Crippen LogP contribution in [-0.2, 0) is 11.3 Å². The summed E-state index contributed by atoms with van der Waals surface area (Å²) >= 11 is 0. The average molecular weight is 328 g/mol. The van der Waals surface area contributed by atoms with Crippen molar-refractivity contribution in [3.05, 3.63) is 59.7 Å². The van der Waals surface area contributed by atoms with E-state index in [1.807, 2.05) is 24.3 Å². The van der Waals surface area contributed by atoms with Gasteiger partial charge in [0.25, 0.3) is 5.91 Å². The van der Waals surface area contributed by atoms with Gasteiger partial charge in [-0.05, 0) is 48.9 Å². The molecule has 0 spiro atoms. The number of amides is 1. The molecule has 2 rings (SSSR count). The first-order valence-corrected chi connectivity index (χ1v) is 7.89. The van der Waals surface area contributed by atoms with Gasteiger partial charge in [0.1, 0.15) is 5.75 Å². The summed E-state index contributed by atoms with van der Waals surface area (Å²) < 4.78 is 10.2. The van der Waals surface area contributed by atoms with Crippen molar-refractivity contribution in [3.63, 3.8) is 0 Å². The third-order valence-corrected chi connectivity index (χ3v) is 3.61. The summed E-state index contributed by atoms with van der Waals surface area (Å²) in [6.45, 7) is 3.45. The van der Waals surface area contributed by atoms with Crippen LogP contribution in [0.4, 0.5) is 5.69 Å². The molecule has 0 saturated heterocycles. The van der Waals surface area contributed by atoms with Crippen LogP contribution >= 0.6 is 0 Å². The number of hydrogen-bond donors (Lipinski definition) is 2. The second kappa shape index (κ2) is 9.05. The van der Waals surface area contributed by atoms with Gasteiger partial charge in [-0.25, -0.2) is 0 Å². The average Bonchev–Trinajstić information content (AvgIpc) is 2.60. The lowest BCUT2D eigenvalue weighted by Crippen LogP contribution is -2.29. The van der Waals surface area contributed by atoms with Crippen molar-refractivity contribution in [1.29, 1.82) is 0 Å². The molecular formula is C19H24N2O3. The summed E-state index contributed by atoms with van der Waals surface area (Å²) in [5.74, 6) is 0.584. The largest absolute Gasteiger partial charge is 0.497 e. The standard InChI is InChI=1S/C19H24N2O3/c1-14(13-23-2)20-12-15-5-4-6-17(11-15)21-19(22)16-7-9-18(24-3)10-8-16/h4-11,14,20H,12-13H2,1-3H3,(H,21,22). The van der Waals surface area contributed by atoms with Crippen molar-refractivity contribution in [3.8, 4) is 5.75 Å². The lowest BCUT2D eigenvalue weighted by molar-refractivity contribution is 0.102. The van der Waals surface area contributed by atoms with Gasteiger partial charge in [0, 0.05) is 30.9 Å². The van der Waals surface area contributed by atoms with Crippen molar-refractivity contribution < 1.29 is 14.3 Å². The fraction of sp³-hybridized carbons (Fsp3) is 0.316. The van der Waals surface area contributed by atoms with Crippen LogP contribution in [0.25, 0.3) is 0 Å². The maximum absolute atomic E-state index is 12.3. The molecule has 128 valence electrons. The van der Waals surface area contributed by atoms with Gasteiger partial charge in [0.05, 0.1) is 13.7 Å². The van der Waals surface area contributed by atoms with Crippen LogP contribution in [0.5, 0.6) is 5.75 Å². The zero-order valence-corrected chi connectivity index (χ0v) is 14.3. The van der Waals surface area contributed by atoms with E-state index in [9.17, 15) is 4.79 Å². The highest BCUT2D eigenvalue weighted by molar-refractivity contribution is 6.04. The van der Waals surface area contributed by atoms with E-state index in [4.69, 9.17) is 9.47 Å². The van der Waals surface area contributed by atoms with Gasteiger partial charge in [-0.15, -0.1) is 0 Å². The van der Waals surface area contributed by atoms with Crippen LogP contribution in [0.2, 0.25) is 0 Å². The molecule has 24 heavy (non-hydrogen) atoms. The van der Waals surface area contributed by atoms with E-state index < -0.39 is 0 Å². The number of nitrogens with one attached hydrogen (secondary N) is 2. The van der Waals surface area contributed by atoms with Crippen LogP contribution in [-0.4, -0.2) is 32.8 Å². The first kappa shape index (κ1) is 18.0. The topological polar surface area (TPSA) is 59.6 Å². The maximum atomic E-state index is 12.3. The van der Waals surface area contributed by atoms with Crippen LogP contribution in [0.1, 0.15) is 22.8 Å². The minimum absolute atomic E-state index is 0.143. The highest BCUT2D eigenvalue weighted by Crippen LogP contribution is 2.15. The Morgan fingerprint density at radius 3 is 2.54 bits per heavy atom. The Balaban J connectivity index is 1.96. The SMILES string of the molecule is COCC(C)NCc1cccc(NC(=O)c2ccc(OC)cc2)c1. The van der Waals surface area contributed by atoms with Gasteiger partial charge in [0.2, 0.25) is 0 Å². The molecule has 0 aliphatic heterocycles. The molecule has 2 aromatic carbocycles. The summed E-state index contributed by atoms with van der Waals surface area (Å²) in [6.07, 6.45) is 0. The minimum atomic E-state index is -0.143. The van der Waals surface area contributed by atoms with Gasteiger partial charge in [-0.1, -0.05) is 12.1 Å². The first-order chi connectivity index (χ1) is 11.6. The summed E-state index contributed by atoms with van der Waals surface area (Å²) in [5.41, 5.74) is 2.47. The molecule has 2 aromatic rings. The van der Waals surface area contributed by atoms with Crippen molar-refractivity contribution in [2.45, 2.75) is 19.5 Å². The second-order valence-corrected chi connectivity index (χ2v) is 5.62. The molecule has 0 aliphatic carbocycles. The summed E-state index contributed by atoms with van der Waals surface area (Å²) in [7, 11) is 3.29. The number of hydrogen-bond acceptors (Lipinski definition) is 4. The van der Waals surface area contributed by atoms with Gasteiger partial charge < -0.3 is 20.1 Å². The third kappa shape index (κ3) is 5.37. The van der Waals surface area contributed by atoms with E-state index in [-0.39, 0.29) is 11.9 Å². The molecule has 0 aromatic heterocycles. The van der Waals surface area contributed by atoms with Crippen LogP contribution in [0.3, 0.4) is 0 Å². The molecule has 5 nitrogen and oxygen atoms in total. The fourth-order valence-corrected chi connectivity index (χ4v) is 2.31. The Hall–Kier alpha value is -2.37. The smallest absolute Gasteiger partial charge is 0.255 e. The van der Waals surface area contributed by atoms with Crippen LogP contribution in [0, 0.1) is 0 Å². The molecule has 0 radical (unpaired) electrons. The summed E-state index contributed by atoms with van der Waals surface area (Å²) in [6, 6.07) is 15.1. The predicted molar refractivity (Wildman–Crippen MR) is 95.6 cm³/mol. The Labute approximate surface area is 143 Å². The number of methoxy groups -OCH3 is 2. The van der Waals surface area contributed by atoms with Gasteiger partial charge in [-0.2, -0.15) is 0 Å². The second-order valence-electron chi connectivity index (χ2n) is 5.62. The lowest BCUT2D eigenvalue weighted by Gasteiger charge is -2.13. The summed E-state index contributed by atoms with van der Waals surface area (Å²) in [5, 5.41) is 6.29. The lowest BCUT2D eigenvalue weighted by atomic mass is 10.1. The van der Waals surface area contributed by atoms with E-state index in [1.54, 1.807) is 38.5 Å². The van der Waals surface area contributed by atoms with E-state index >= 15 is 0 Å². The van der Waals surface area contributed by atoms with E-state index in [1.165, 1.54) is 0 Å². The zero-order chi connectivity index (χ0) is 17.4. The van der Waals surface area contributed by atoms with Gasteiger partial charge in [-0.3, -0.25) is 4.79 Å². The van der Waals surface area contributed by atoms with Crippen molar-refractivity contribution >= 4 is 11.6 Å². The Morgan fingerprint density at radius 1 is 1.12 bits per heavy atom. The van der Waals surface area contributed by atoms with E-state index in [2.05, 4.69) is 17.6 Å². The molecule has 1 unspecified atom stereocenters. The van der Waals surface area contributed by atoms with E-state index in [0.717, 1.165) is 23.5 Å². The van der Waals surface area contributed by atoms with Crippen molar-refractivity contribution in [2.75, 3.05) is 26.1 Å². The zero-order valence-electron chi connectivity index (χ0n) is 14.3. The Kier molecular flexibility index (Phi) is 6.78. The third-order valence-electron chi connectivity index (χ3n) is 3.61. The molecule has 0 aliphatic rings. The monoisotopic (exact) mass is 328 g/mol. The molecule has 5 heteroatoms. The Morgan fingerprint density at radius 2 is 1.88 bits per heavy atom. The molecule has 0 heterocycles. The maximum Gasteiger partial charge on any atom is 0.255 e. The number of anilines is 1. The van der Waals surface area contributed by atoms with Gasteiger partial charge >= 0.3 is 0 Å². The number of carbonyl (C=O) groups excluding carboxylic acids is 1. The highest BCUT2D eigenvalue weighted by Gasteiger charge is 2.07. The molecule has 0 bridgehead atoms. The number of benzene rings is 2. The predicted octanol–water partition coefficient (Wildman–Crippen LogP) is 3.07. The van der Waals surface area contributed by atoms with Crippen molar-refractivity contribution in [1.82, 2.24) is 5.32 Å². The van der Waals surface area contributed by atoms with Crippen LogP contribution < -0.4 is 15.4 Å². The molecule has 0 saturated carbocycles. The molecule has 2 N–H and O–H groups in total. The fourth-order valence-electron chi connectivity index (χ4n) is 2.31.